The van der Waals surface area contributed by atoms with Crippen LogP contribution in [0.5, 0.6) is 0 Å². The Kier molecular flexibility index (Phi) is 5.45. The van der Waals surface area contributed by atoms with Gasteiger partial charge in [0.1, 0.15) is 6.07 Å². The molecule has 0 saturated carbocycles. The van der Waals surface area contributed by atoms with E-state index < -0.39 is 11.5 Å². The summed E-state index contributed by atoms with van der Waals surface area (Å²) in [5, 5.41) is 8.87. The fourth-order valence-electron chi connectivity index (χ4n) is 1.58. The molecule has 20 heavy (non-hydrogen) atoms. The summed E-state index contributed by atoms with van der Waals surface area (Å²) in [6, 6.07) is 4.30. The molecule has 0 N–H and O–H groups in total. The molecule has 0 aliphatic rings. The van der Waals surface area contributed by atoms with E-state index in [9.17, 15) is 18.0 Å². The molecule has 0 aliphatic carbocycles. The number of thioether (sulfide) groups is 1. The van der Waals surface area contributed by atoms with Crippen molar-refractivity contribution in [2.75, 3.05) is 6.61 Å². The molecule has 0 saturated heterocycles. The van der Waals surface area contributed by atoms with Gasteiger partial charge in [0.25, 0.3) is 0 Å². The maximum absolute atomic E-state index is 12.4. The van der Waals surface area contributed by atoms with Crippen LogP contribution in [-0.4, -0.2) is 18.1 Å². The van der Waals surface area contributed by atoms with Crippen LogP contribution in [0.3, 0.4) is 0 Å². The van der Waals surface area contributed by atoms with Crippen molar-refractivity contribution in [2.45, 2.75) is 30.7 Å². The number of ether oxygens (including phenoxy) is 1. The number of hydrogen-bond acceptors (Lipinski definition) is 4. The smallest absolute Gasteiger partial charge is 0.446 e. The van der Waals surface area contributed by atoms with Gasteiger partial charge in [-0.3, -0.25) is 4.79 Å². The predicted octanol–water partition coefficient (Wildman–Crippen LogP) is 3.58. The quantitative estimate of drug-likeness (QED) is 0.630. The van der Waals surface area contributed by atoms with Crippen molar-refractivity contribution in [2.24, 2.45) is 0 Å². The van der Waals surface area contributed by atoms with Crippen LogP contribution >= 0.6 is 11.8 Å². The molecule has 7 heteroatoms. The minimum Gasteiger partial charge on any atom is -0.466 e. The molecular formula is C13H12F3NO2S. The molecule has 0 aliphatic heterocycles. The molecule has 0 fully saturated rings. The Morgan fingerprint density at radius 2 is 2.10 bits per heavy atom. The number of carbonyl (C=O) groups excluding carboxylic acids is 1. The van der Waals surface area contributed by atoms with E-state index in [-0.39, 0.29) is 35.2 Å². The molecular weight excluding hydrogens is 291 g/mol. The van der Waals surface area contributed by atoms with Gasteiger partial charge in [-0.05, 0) is 48.9 Å². The Morgan fingerprint density at radius 1 is 1.45 bits per heavy atom. The van der Waals surface area contributed by atoms with Gasteiger partial charge >= 0.3 is 11.5 Å². The average Bonchev–Trinajstić information content (AvgIpc) is 2.31. The van der Waals surface area contributed by atoms with Crippen LogP contribution in [0.15, 0.2) is 17.0 Å². The van der Waals surface area contributed by atoms with Gasteiger partial charge in [-0.1, -0.05) is 0 Å². The Bertz CT molecular complexity index is 550. The highest BCUT2D eigenvalue weighted by molar-refractivity contribution is 8.00. The highest BCUT2D eigenvalue weighted by Crippen LogP contribution is 2.39. The minimum absolute atomic E-state index is 0.0579. The van der Waals surface area contributed by atoms with E-state index in [1.807, 2.05) is 0 Å². The normalized spacial score (nSPS) is 11.0. The van der Waals surface area contributed by atoms with E-state index in [0.717, 1.165) is 0 Å². The zero-order valence-corrected chi connectivity index (χ0v) is 11.7. The van der Waals surface area contributed by atoms with Crippen LogP contribution < -0.4 is 0 Å². The molecule has 0 heterocycles. The van der Waals surface area contributed by atoms with Gasteiger partial charge in [0.2, 0.25) is 0 Å². The molecule has 0 spiro atoms. The molecule has 0 amide bonds. The number of esters is 1. The molecule has 0 radical (unpaired) electrons. The van der Waals surface area contributed by atoms with Gasteiger partial charge in [0.05, 0.1) is 18.6 Å². The first kappa shape index (κ1) is 16.4. The summed E-state index contributed by atoms with van der Waals surface area (Å²) in [5.41, 5.74) is -3.53. The fraction of sp³-hybridized carbons (Fsp3) is 0.385. The summed E-state index contributed by atoms with van der Waals surface area (Å²) in [6.07, 6.45) is -0.114. The highest BCUT2D eigenvalue weighted by atomic mass is 32.2. The second-order valence-electron chi connectivity index (χ2n) is 3.92. The number of nitrogens with zero attached hydrogens (tertiary/aromatic N) is 1. The third kappa shape index (κ3) is 4.78. The number of nitriles is 1. The van der Waals surface area contributed by atoms with E-state index in [1.54, 1.807) is 19.9 Å². The number of benzene rings is 1. The first-order chi connectivity index (χ1) is 9.26. The molecule has 0 aromatic heterocycles. The van der Waals surface area contributed by atoms with Crippen molar-refractivity contribution in [3.63, 3.8) is 0 Å². The second-order valence-corrected chi connectivity index (χ2v) is 5.02. The van der Waals surface area contributed by atoms with Gasteiger partial charge in [-0.2, -0.15) is 18.4 Å². The Balaban J connectivity index is 3.11. The number of alkyl halides is 3. The molecule has 1 rings (SSSR count). The minimum atomic E-state index is -4.48. The number of halogens is 3. The lowest BCUT2D eigenvalue weighted by molar-refractivity contribution is -0.142. The number of carbonyl (C=O) groups is 1. The van der Waals surface area contributed by atoms with Crippen molar-refractivity contribution < 1.29 is 22.7 Å². The highest BCUT2D eigenvalue weighted by Gasteiger charge is 2.31. The van der Waals surface area contributed by atoms with Crippen LogP contribution in [0.25, 0.3) is 0 Å². The van der Waals surface area contributed by atoms with Gasteiger partial charge < -0.3 is 4.74 Å². The first-order valence-electron chi connectivity index (χ1n) is 5.71. The monoisotopic (exact) mass is 303 g/mol. The Hall–Kier alpha value is -1.68. The van der Waals surface area contributed by atoms with Crippen LogP contribution in [0, 0.1) is 18.3 Å². The van der Waals surface area contributed by atoms with Crippen molar-refractivity contribution in [3.05, 3.63) is 28.8 Å². The lowest BCUT2D eigenvalue weighted by Crippen LogP contribution is -2.09. The predicted molar refractivity (Wildman–Crippen MR) is 68.1 cm³/mol. The molecule has 108 valence electrons. The standard InChI is InChI=1S/C13H12F3NO2S/c1-3-19-12(18)6-9-5-11(20-13(14,15)16)10(7-17)4-8(9)2/h4-5H,3,6H2,1-2H3. The van der Waals surface area contributed by atoms with Crippen molar-refractivity contribution in [1.82, 2.24) is 0 Å². The first-order valence-corrected chi connectivity index (χ1v) is 6.53. The Morgan fingerprint density at radius 3 is 2.60 bits per heavy atom. The van der Waals surface area contributed by atoms with Gasteiger partial charge in [0, 0.05) is 4.90 Å². The van der Waals surface area contributed by atoms with E-state index in [2.05, 4.69) is 0 Å². The van der Waals surface area contributed by atoms with Crippen LogP contribution in [-0.2, 0) is 16.0 Å². The fourth-order valence-corrected chi connectivity index (χ4v) is 2.25. The molecule has 0 unspecified atom stereocenters. The maximum Gasteiger partial charge on any atom is 0.446 e. The molecule has 0 atom stereocenters. The topological polar surface area (TPSA) is 50.1 Å². The summed E-state index contributed by atoms with van der Waals surface area (Å²) >= 11 is -0.359. The number of aryl methyl sites for hydroxylation is 1. The second kappa shape index (κ2) is 6.66. The van der Waals surface area contributed by atoms with E-state index in [4.69, 9.17) is 10.00 Å². The molecule has 1 aromatic rings. The molecule has 0 bridgehead atoms. The summed E-state index contributed by atoms with van der Waals surface area (Å²) in [5.74, 6) is -0.511. The number of rotatable bonds is 4. The van der Waals surface area contributed by atoms with Crippen molar-refractivity contribution >= 4 is 17.7 Å². The van der Waals surface area contributed by atoms with Crippen LogP contribution in [0.1, 0.15) is 23.6 Å². The summed E-state index contributed by atoms with van der Waals surface area (Å²) < 4.78 is 42.1. The largest absolute Gasteiger partial charge is 0.466 e. The lowest BCUT2D eigenvalue weighted by Gasteiger charge is -2.12. The van der Waals surface area contributed by atoms with Gasteiger partial charge in [-0.25, -0.2) is 0 Å². The van der Waals surface area contributed by atoms with E-state index in [0.29, 0.717) is 11.1 Å². The SMILES string of the molecule is CCOC(=O)Cc1cc(SC(F)(F)F)c(C#N)cc1C. The lowest BCUT2D eigenvalue weighted by atomic mass is 10.0. The Labute approximate surface area is 118 Å². The summed E-state index contributed by atoms with van der Waals surface area (Å²) in [7, 11) is 0. The summed E-state index contributed by atoms with van der Waals surface area (Å²) in [6.45, 7) is 3.49. The third-order valence-corrected chi connectivity index (χ3v) is 3.21. The zero-order chi connectivity index (χ0) is 15.3. The van der Waals surface area contributed by atoms with E-state index in [1.165, 1.54) is 12.1 Å². The van der Waals surface area contributed by atoms with E-state index >= 15 is 0 Å². The van der Waals surface area contributed by atoms with Gasteiger partial charge in [0.15, 0.2) is 0 Å². The van der Waals surface area contributed by atoms with Gasteiger partial charge in [-0.15, -0.1) is 0 Å². The zero-order valence-electron chi connectivity index (χ0n) is 10.9. The molecule has 1 aromatic carbocycles. The average molecular weight is 303 g/mol. The molecule has 3 nitrogen and oxygen atoms in total. The number of hydrogen-bond donors (Lipinski definition) is 0. The van der Waals surface area contributed by atoms with Crippen molar-refractivity contribution in [1.29, 1.82) is 5.26 Å². The maximum atomic E-state index is 12.4. The third-order valence-electron chi connectivity index (χ3n) is 2.42. The van der Waals surface area contributed by atoms with Crippen LogP contribution in [0.4, 0.5) is 13.2 Å². The van der Waals surface area contributed by atoms with Crippen molar-refractivity contribution in [3.8, 4) is 6.07 Å². The van der Waals surface area contributed by atoms with Crippen LogP contribution in [0.2, 0.25) is 0 Å². The summed E-state index contributed by atoms with van der Waals surface area (Å²) in [4.78, 5) is 11.2.